The highest BCUT2D eigenvalue weighted by atomic mass is 35.5. The minimum absolute atomic E-state index is 0.0403. The quantitative estimate of drug-likeness (QED) is 0.358. The van der Waals surface area contributed by atoms with Crippen molar-refractivity contribution < 1.29 is 14.0 Å². The first-order valence-electron chi connectivity index (χ1n) is 7.11. The molecule has 7 heteroatoms. The van der Waals surface area contributed by atoms with Gasteiger partial charge in [0.15, 0.2) is 11.7 Å². The van der Waals surface area contributed by atoms with E-state index in [2.05, 4.69) is 16.1 Å². The van der Waals surface area contributed by atoms with Crippen LogP contribution in [-0.2, 0) is 4.84 Å². The van der Waals surface area contributed by atoms with Crippen LogP contribution in [0.2, 0.25) is 5.02 Å². The fraction of sp³-hybridized carbons (Fsp3) is 0.375. The average Bonchev–Trinajstić information content (AvgIpc) is 3.06. The van der Waals surface area contributed by atoms with Gasteiger partial charge in [0.2, 0.25) is 0 Å². The van der Waals surface area contributed by atoms with Gasteiger partial charge in [0.25, 0.3) is 0 Å². The number of hydrogen-bond acceptors (Lipinski definition) is 4. The molecule has 2 rings (SSSR count). The summed E-state index contributed by atoms with van der Waals surface area (Å²) in [4.78, 5) is 11.0. The van der Waals surface area contributed by atoms with Crippen LogP contribution in [0.25, 0.3) is 0 Å². The molecule has 0 saturated carbocycles. The Kier molecular flexibility index (Phi) is 6.24. The van der Waals surface area contributed by atoms with Crippen molar-refractivity contribution >= 4 is 29.3 Å². The number of aliphatic imine (C=N–C) groups is 1. The van der Waals surface area contributed by atoms with E-state index in [-0.39, 0.29) is 23.1 Å². The maximum Gasteiger partial charge on any atom is 0.151 e. The molecule has 0 N–H and O–H groups in total. The van der Waals surface area contributed by atoms with Crippen LogP contribution in [0.15, 0.2) is 22.3 Å². The molecular weight excluding hydrogens is 321 g/mol. The first-order valence-corrected chi connectivity index (χ1v) is 7.49. The molecule has 23 heavy (non-hydrogen) atoms. The van der Waals surface area contributed by atoms with Crippen molar-refractivity contribution in [2.24, 2.45) is 10.1 Å². The first-order chi connectivity index (χ1) is 11.2. The van der Waals surface area contributed by atoms with Crippen LogP contribution in [0.4, 0.5) is 10.1 Å². The topological polar surface area (TPSA) is 46.4 Å². The van der Waals surface area contributed by atoms with E-state index in [0.717, 1.165) is 32.0 Å². The highest BCUT2D eigenvalue weighted by Crippen LogP contribution is 2.32. The minimum Gasteiger partial charge on any atom is -0.479 e. The van der Waals surface area contributed by atoms with Crippen LogP contribution >= 0.6 is 11.6 Å². The molecule has 0 atom stereocenters. The van der Waals surface area contributed by atoms with Gasteiger partial charge < -0.3 is 14.5 Å². The molecule has 0 unspecified atom stereocenters. The Hall–Kier alpha value is -2.26. The minimum atomic E-state index is -0.550. The number of ether oxygens (including phenoxy) is 1. The second-order valence-corrected chi connectivity index (χ2v) is 5.22. The Morgan fingerprint density at radius 3 is 2.87 bits per heavy atom. The number of likely N-dealkylation sites (tertiary alicyclic amines) is 1. The molecule has 0 amide bonds. The number of nitrogens with zero attached hydrogens (tertiary/aromatic N) is 3. The lowest BCUT2D eigenvalue weighted by molar-refractivity contribution is 0.215. The van der Waals surface area contributed by atoms with E-state index in [0.29, 0.717) is 5.84 Å². The van der Waals surface area contributed by atoms with Crippen molar-refractivity contribution in [1.82, 2.24) is 4.90 Å². The predicted octanol–water partition coefficient (Wildman–Crippen LogP) is 3.25. The zero-order valence-electron chi connectivity index (χ0n) is 12.8. The second-order valence-electron chi connectivity index (χ2n) is 4.81. The van der Waals surface area contributed by atoms with E-state index in [4.69, 9.17) is 27.6 Å². The molecule has 1 heterocycles. The van der Waals surface area contributed by atoms with Gasteiger partial charge in [-0.25, -0.2) is 9.38 Å². The Morgan fingerprint density at radius 1 is 1.48 bits per heavy atom. The van der Waals surface area contributed by atoms with Crippen molar-refractivity contribution in [3.05, 3.63) is 23.0 Å². The summed E-state index contributed by atoms with van der Waals surface area (Å²) < 4.78 is 19.4. The Balaban J connectivity index is 2.36. The van der Waals surface area contributed by atoms with Crippen LogP contribution in [-0.4, -0.2) is 43.8 Å². The van der Waals surface area contributed by atoms with Crippen LogP contribution in [0.3, 0.4) is 0 Å². The zero-order valence-corrected chi connectivity index (χ0v) is 13.5. The van der Waals surface area contributed by atoms with Gasteiger partial charge in [0.05, 0.1) is 5.02 Å². The summed E-state index contributed by atoms with van der Waals surface area (Å²) in [7, 11) is 1.44. The van der Waals surface area contributed by atoms with E-state index < -0.39 is 5.82 Å². The lowest BCUT2D eigenvalue weighted by Crippen LogP contribution is -2.28. The monoisotopic (exact) mass is 337 g/mol. The van der Waals surface area contributed by atoms with E-state index in [9.17, 15) is 4.39 Å². The first kappa shape index (κ1) is 17.1. The van der Waals surface area contributed by atoms with Crippen molar-refractivity contribution in [3.63, 3.8) is 0 Å². The zero-order chi connectivity index (χ0) is 16.7. The van der Waals surface area contributed by atoms with Gasteiger partial charge in [-0.05, 0) is 18.9 Å². The largest absolute Gasteiger partial charge is 0.479 e. The van der Waals surface area contributed by atoms with Crippen molar-refractivity contribution in [2.75, 3.05) is 26.8 Å². The van der Waals surface area contributed by atoms with Crippen molar-refractivity contribution in [1.29, 1.82) is 0 Å². The van der Waals surface area contributed by atoms with Crippen molar-refractivity contribution in [2.45, 2.75) is 12.8 Å². The van der Waals surface area contributed by atoms with Gasteiger partial charge in [-0.15, -0.1) is 6.42 Å². The molecule has 1 aromatic carbocycles. The third kappa shape index (κ3) is 4.60. The maximum absolute atomic E-state index is 14.1. The summed E-state index contributed by atoms with van der Waals surface area (Å²) in [5.41, 5.74) is 0.103. The van der Waals surface area contributed by atoms with E-state index in [1.54, 1.807) is 0 Å². The molecule has 122 valence electrons. The van der Waals surface area contributed by atoms with E-state index in [1.165, 1.54) is 19.4 Å². The summed E-state index contributed by atoms with van der Waals surface area (Å²) in [6, 6.07) is 2.58. The lowest BCUT2D eigenvalue weighted by Gasteiger charge is -2.17. The molecule has 5 nitrogen and oxygen atoms in total. The Bertz CT molecular complexity index is 649. The molecule has 0 aliphatic carbocycles. The maximum atomic E-state index is 14.1. The van der Waals surface area contributed by atoms with E-state index >= 15 is 0 Å². The van der Waals surface area contributed by atoms with Crippen LogP contribution in [0, 0.1) is 18.2 Å². The van der Waals surface area contributed by atoms with E-state index in [1.807, 2.05) is 4.90 Å². The van der Waals surface area contributed by atoms with Gasteiger partial charge in [0.1, 0.15) is 31.4 Å². The fourth-order valence-electron chi connectivity index (χ4n) is 2.18. The predicted molar refractivity (Wildman–Crippen MR) is 89.1 cm³/mol. The molecule has 0 spiro atoms. The second kappa shape index (κ2) is 8.39. The number of halogens is 2. The highest BCUT2D eigenvalue weighted by molar-refractivity contribution is 6.32. The SMILES string of the molecule is C#CCOc1cc(N=C(/C=N\OC)N2CCCC2)c(F)cc1Cl. The summed E-state index contributed by atoms with van der Waals surface area (Å²) in [5.74, 6) is 2.59. The fourth-order valence-corrected chi connectivity index (χ4v) is 2.39. The normalized spacial score (nSPS) is 15.0. The number of rotatable bonds is 5. The summed E-state index contributed by atoms with van der Waals surface area (Å²) in [6.45, 7) is 1.72. The molecule has 1 aliphatic rings. The van der Waals surface area contributed by atoms with Gasteiger partial charge in [0, 0.05) is 19.2 Å². The van der Waals surface area contributed by atoms with Gasteiger partial charge in [-0.3, -0.25) is 0 Å². The van der Waals surface area contributed by atoms with Gasteiger partial charge in [-0.1, -0.05) is 22.7 Å². The number of benzene rings is 1. The Labute approximate surface area is 139 Å². The van der Waals surface area contributed by atoms with Crippen LogP contribution < -0.4 is 4.74 Å². The molecule has 0 radical (unpaired) electrons. The third-order valence-electron chi connectivity index (χ3n) is 3.25. The molecule has 1 aliphatic heterocycles. The van der Waals surface area contributed by atoms with Crippen molar-refractivity contribution in [3.8, 4) is 18.1 Å². The summed E-state index contributed by atoms with van der Waals surface area (Å²) in [5, 5.41) is 3.87. The smallest absolute Gasteiger partial charge is 0.151 e. The van der Waals surface area contributed by atoms with Crippen LogP contribution in [0.5, 0.6) is 5.75 Å². The van der Waals surface area contributed by atoms with Gasteiger partial charge >= 0.3 is 0 Å². The third-order valence-corrected chi connectivity index (χ3v) is 3.55. The average molecular weight is 338 g/mol. The van der Waals surface area contributed by atoms with Crippen LogP contribution in [0.1, 0.15) is 12.8 Å². The number of oxime groups is 1. The summed E-state index contributed by atoms with van der Waals surface area (Å²) >= 11 is 5.95. The molecule has 1 aromatic rings. The molecule has 1 saturated heterocycles. The number of hydrogen-bond donors (Lipinski definition) is 0. The lowest BCUT2D eigenvalue weighted by atomic mass is 10.3. The number of terminal acetylenes is 1. The highest BCUT2D eigenvalue weighted by Gasteiger charge is 2.17. The van der Waals surface area contributed by atoms with Gasteiger partial charge in [-0.2, -0.15) is 0 Å². The summed E-state index contributed by atoms with van der Waals surface area (Å²) in [6.07, 6.45) is 8.72. The molecule has 1 fully saturated rings. The molecule has 0 aromatic heterocycles. The number of amidine groups is 1. The standard InChI is InChI=1S/C16H17ClFN3O2/c1-3-8-23-15-10-14(13(18)9-12(15)17)20-16(11-19-22-2)21-6-4-5-7-21/h1,9-11H,4-8H2,2H3/b19-11-,20-16?. The Morgan fingerprint density at radius 2 is 2.22 bits per heavy atom. The molecular formula is C16H17ClFN3O2. The molecule has 0 bridgehead atoms.